The third kappa shape index (κ3) is 3.88. The van der Waals surface area contributed by atoms with E-state index in [1.54, 1.807) is 13.0 Å². The summed E-state index contributed by atoms with van der Waals surface area (Å²) in [6.07, 6.45) is 0. The average molecular weight is 292 g/mol. The molecule has 1 rings (SSSR count). The van der Waals surface area contributed by atoms with E-state index in [4.69, 9.17) is 5.11 Å². The molecular weight excluding hydrogens is 276 g/mol. The van der Waals surface area contributed by atoms with Gasteiger partial charge in [-0.15, -0.1) is 0 Å². The number of rotatable bonds is 5. The first-order chi connectivity index (χ1) is 9.75. The highest BCUT2D eigenvalue weighted by atomic mass is 16.6. The number of nitrogens with one attached hydrogen (secondary N) is 1. The summed E-state index contributed by atoms with van der Waals surface area (Å²) < 4.78 is 0. The van der Waals surface area contributed by atoms with Crippen LogP contribution in [-0.4, -0.2) is 21.9 Å². The van der Waals surface area contributed by atoms with Gasteiger partial charge < -0.3 is 10.4 Å². The lowest BCUT2D eigenvalue weighted by molar-refractivity contribution is -0.385. The number of carboxylic acid groups (broad SMARTS) is 1. The lowest BCUT2D eigenvalue weighted by atomic mass is 10.1. The number of hydrogen-bond acceptors (Lipinski definition) is 4. The van der Waals surface area contributed by atoms with Gasteiger partial charge in [0.2, 0.25) is 5.91 Å². The number of benzene rings is 1. The van der Waals surface area contributed by atoms with Crippen molar-refractivity contribution in [2.24, 2.45) is 0 Å². The first kappa shape index (κ1) is 16.4. The van der Waals surface area contributed by atoms with Crippen molar-refractivity contribution in [3.63, 3.8) is 0 Å². The fourth-order valence-corrected chi connectivity index (χ4v) is 1.70. The van der Waals surface area contributed by atoms with E-state index in [9.17, 15) is 19.7 Å². The molecule has 0 unspecified atom stereocenters. The molecule has 7 heteroatoms. The summed E-state index contributed by atoms with van der Waals surface area (Å²) >= 11 is 0. The van der Waals surface area contributed by atoms with E-state index in [1.807, 2.05) is 0 Å². The molecule has 0 fully saturated rings. The van der Waals surface area contributed by atoms with Crippen molar-refractivity contribution in [2.45, 2.75) is 27.3 Å². The van der Waals surface area contributed by atoms with Crippen molar-refractivity contribution >= 4 is 17.6 Å². The highest BCUT2D eigenvalue weighted by Crippen LogP contribution is 2.20. The van der Waals surface area contributed by atoms with E-state index in [2.05, 4.69) is 5.32 Å². The van der Waals surface area contributed by atoms with Gasteiger partial charge in [0.15, 0.2) is 0 Å². The topological polar surface area (TPSA) is 110 Å². The van der Waals surface area contributed by atoms with Crippen LogP contribution in [0.1, 0.15) is 25.0 Å². The van der Waals surface area contributed by atoms with Gasteiger partial charge in [-0.2, -0.15) is 0 Å². The summed E-state index contributed by atoms with van der Waals surface area (Å²) in [5.41, 5.74) is 1.13. The first-order valence-corrected chi connectivity index (χ1v) is 6.17. The Morgan fingerprint density at radius 3 is 2.43 bits per heavy atom. The predicted octanol–water partition coefficient (Wildman–Crippen LogP) is 1.94. The maximum absolute atomic E-state index is 11.8. The Labute approximate surface area is 121 Å². The average Bonchev–Trinajstić information content (AvgIpc) is 2.43. The van der Waals surface area contributed by atoms with Crippen LogP contribution in [0.3, 0.4) is 0 Å². The summed E-state index contributed by atoms with van der Waals surface area (Å²) in [6.45, 7) is 4.45. The van der Waals surface area contributed by atoms with E-state index < -0.39 is 16.8 Å². The molecule has 1 aromatic carbocycles. The maximum Gasteiger partial charge on any atom is 0.331 e. The van der Waals surface area contributed by atoms with Crippen LogP contribution in [0.15, 0.2) is 29.3 Å². The fourth-order valence-electron chi connectivity index (χ4n) is 1.70. The van der Waals surface area contributed by atoms with Gasteiger partial charge in [-0.25, -0.2) is 4.79 Å². The quantitative estimate of drug-likeness (QED) is 0.489. The van der Waals surface area contributed by atoms with E-state index in [0.717, 1.165) is 0 Å². The lowest BCUT2D eigenvalue weighted by Crippen LogP contribution is -2.25. The first-order valence-electron chi connectivity index (χ1n) is 6.17. The van der Waals surface area contributed by atoms with Crippen molar-refractivity contribution in [3.05, 3.63) is 50.6 Å². The Kier molecular flexibility index (Phi) is 5.18. The van der Waals surface area contributed by atoms with Gasteiger partial charge in [0.25, 0.3) is 5.69 Å². The zero-order valence-corrected chi connectivity index (χ0v) is 12.0. The SMILES string of the molecule is C/C(C(=O)O)=C(/C)C(=O)NCc1cccc([N+](=O)[O-])c1C. The Balaban J connectivity index is 2.88. The zero-order valence-electron chi connectivity index (χ0n) is 12.0. The van der Waals surface area contributed by atoms with E-state index in [-0.39, 0.29) is 23.4 Å². The third-order valence-electron chi connectivity index (χ3n) is 3.28. The highest BCUT2D eigenvalue weighted by molar-refractivity contribution is 6.01. The van der Waals surface area contributed by atoms with Crippen LogP contribution in [0.5, 0.6) is 0 Å². The molecule has 0 aliphatic carbocycles. The van der Waals surface area contributed by atoms with Crippen molar-refractivity contribution < 1.29 is 19.6 Å². The van der Waals surface area contributed by atoms with E-state index in [0.29, 0.717) is 11.1 Å². The summed E-state index contributed by atoms with van der Waals surface area (Å²) in [4.78, 5) is 33.0. The van der Waals surface area contributed by atoms with Gasteiger partial charge in [-0.1, -0.05) is 12.1 Å². The summed E-state index contributed by atoms with van der Waals surface area (Å²) in [5.74, 6) is -1.67. The number of carbonyl (C=O) groups is 2. The summed E-state index contributed by atoms with van der Waals surface area (Å²) in [6, 6.07) is 4.60. The van der Waals surface area contributed by atoms with Gasteiger partial charge in [0.1, 0.15) is 0 Å². The maximum atomic E-state index is 11.8. The Bertz CT molecular complexity index is 634. The van der Waals surface area contributed by atoms with Crippen LogP contribution in [-0.2, 0) is 16.1 Å². The highest BCUT2D eigenvalue weighted by Gasteiger charge is 2.15. The number of nitro groups is 1. The molecule has 0 radical (unpaired) electrons. The number of aliphatic carboxylic acids is 1. The van der Waals surface area contributed by atoms with E-state index in [1.165, 1.54) is 26.0 Å². The van der Waals surface area contributed by atoms with Crippen LogP contribution in [0.25, 0.3) is 0 Å². The number of carbonyl (C=O) groups excluding carboxylic acids is 1. The molecule has 21 heavy (non-hydrogen) atoms. The molecule has 7 nitrogen and oxygen atoms in total. The molecule has 1 aromatic rings. The van der Waals surface area contributed by atoms with Crippen LogP contribution in [0.4, 0.5) is 5.69 Å². The summed E-state index contributed by atoms with van der Waals surface area (Å²) in [7, 11) is 0. The summed E-state index contributed by atoms with van der Waals surface area (Å²) in [5, 5.41) is 22.2. The zero-order chi connectivity index (χ0) is 16.2. The van der Waals surface area contributed by atoms with Crippen molar-refractivity contribution in [1.29, 1.82) is 0 Å². The van der Waals surface area contributed by atoms with Gasteiger partial charge in [0, 0.05) is 29.3 Å². The van der Waals surface area contributed by atoms with Crippen molar-refractivity contribution in [2.75, 3.05) is 0 Å². The third-order valence-corrected chi connectivity index (χ3v) is 3.28. The fraction of sp³-hybridized carbons (Fsp3) is 0.286. The number of carboxylic acids is 1. The molecule has 0 saturated carbocycles. The molecule has 0 heterocycles. The molecule has 1 amide bonds. The lowest BCUT2D eigenvalue weighted by Gasteiger charge is -2.09. The molecule has 0 atom stereocenters. The minimum atomic E-state index is -1.16. The second-order valence-corrected chi connectivity index (χ2v) is 4.56. The number of nitrogens with zero attached hydrogens (tertiary/aromatic N) is 1. The standard InChI is InChI=1S/C14H16N2O5/c1-8(9(2)14(18)19)13(17)15-7-11-5-4-6-12(10(11)3)16(20)21/h4-6H,7H2,1-3H3,(H,15,17)(H,18,19)/b9-8+. The number of amides is 1. The monoisotopic (exact) mass is 292 g/mol. The Morgan fingerprint density at radius 1 is 1.29 bits per heavy atom. The van der Waals surface area contributed by atoms with Crippen molar-refractivity contribution in [1.82, 2.24) is 5.32 Å². The Hall–Kier alpha value is -2.70. The van der Waals surface area contributed by atoms with Crippen LogP contribution in [0.2, 0.25) is 0 Å². The molecule has 112 valence electrons. The molecule has 0 aliphatic heterocycles. The molecule has 0 aliphatic rings. The van der Waals surface area contributed by atoms with Crippen molar-refractivity contribution in [3.8, 4) is 0 Å². The molecule has 2 N–H and O–H groups in total. The predicted molar refractivity (Wildman–Crippen MR) is 75.7 cm³/mol. The van der Waals surface area contributed by atoms with Gasteiger partial charge in [0.05, 0.1) is 4.92 Å². The van der Waals surface area contributed by atoms with Gasteiger partial charge in [-0.05, 0) is 26.3 Å². The molecular formula is C14H16N2O5. The molecule has 0 bridgehead atoms. The van der Waals surface area contributed by atoms with E-state index >= 15 is 0 Å². The second-order valence-electron chi connectivity index (χ2n) is 4.56. The Morgan fingerprint density at radius 2 is 1.90 bits per heavy atom. The minimum absolute atomic E-state index is 0.0178. The van der Waals surface area contributed by atoms with Crippen LogP contribution in [0, 0.1) is 17.0 Å². The van der Waals surface area contributed by atoms with Crippen LogP contribution < -0.4 is 5.32 Å². The number of hydrogen-bond donors (Lipinski definition) is 2. The molecule has 0 aromatic heterocycles. The van der Waals surface area contributed by atoms with Gasteiger partial charge >= 0.3 is 5.97 Å². The minimum Gasteiger partial charge on any atom is -0.478 e. The second kappa shape index (κ2) is 6.65. The molecule has 0 saturated heterocycles. The smallest absolute Gasteiger partial charge is 0.331 e. The van der Waals surface area contributed by atoms with Gasteiger partial charge in [-0.3, -0.25) is 14.9 Å². The largest absolute Gasteiger partial charge is 0.478 e. The number of nitro benzene ring substituents is 1. The van der Waals surface area contributed by atoms with Crippen LogP contribution >= 0.6 is 0 Å². The molecule has 0 spiro atoms. The normalized spacial score (nSPS) is 11.6.